The van der Waals surface area contributed by atoms with E-state index >= 15 is 0 Å². The van der Waals surface area contributed by atoms with Gasteiger partial charge in [0.1, 0.15) is 6.04 Å². The number of anilines is 1. The molecule has 2 amide bonds. The summed E-state index contributed by atoms with van der Waals surface area (Å²) in [6.07, 6.45) is 0.0302. The highest BCUT2D eigenvalue weighted by Crippen LogP contribution is 2.39. The van der Waals surface area contributed by atoms with Crippen molar-refractivity contribution in [2.45, 2.75) is 36.3 Å². The van der Waals surface area contributed by atoms with Gasteiger partial charge in [-0.15, -0.1) is 11.8 Å². The molecule has 0 saturated carbocycles. The van der Waals surface area contributed by atoms with E-state index in [0.717, 1.165) is 22.5 Å². The third-order valence-corrected chi connectivity index (χ3v) is 6.09. The molecule has 1 heterocycles. The Morgan fingerprint density at radius 2 is 1.88 bits per heavy atom. The lowest BCUT2D eigenvalue weighted by molar-refractivity contribution is -0.139. The number of fused-ring (bicyclic) bond motifs is 1. The summed E-state index contributed by atoms with van der Waals surface area (Å²) in [5.41, 5.74) is 6.30. The second-order valence-corrected chi connectivity index (χ2v) is 8.65. The Bertz CT molecular complexity index is 891. The summed E-state index contributed by atoms with van der Waals surface area (Å²) in [5, 5.41) is 10.3. The van der Waals surface area contributed by atoms with Gasteiger partial charge in [0.2, 0.25) is 11.8 Å². The lowest BCUT2D eigenvalue weighted by Crippen LogP contribution is -2.48. The van der Waals surface area contributed by atoms with E-state index in [1.807, 2.05) is 36.4 Å². The minimum absolute atomic E-state index is 0.0302. The Morgan fingerprint density at radius 1 is 1.23 bits per heavy atom. The number of imide groups is 1. The third-order valence-electron chi connectivity index (χ3n) is 4.57. The summed E-state index contributed by atoms with van der Waals surface area (Å²) < 4.78 is -0.888. The summed E-state index contributed by atoms with van der Waals surface area (Å²) in [6.45, 7) is 3.35. The lowest BCUT2D eigenvalue weighted by Gasteiger charge is -2.30. The Labute approximate surface area is 155 Å². The van der Waals surface area contributed by atoms with Crippen LogP contribution in [-0.4, -0.2) is 38.9 Å². The number of carbonyl (C=O) groups is 3. The number of thioether (sulfide) groups is 1. The first kappa shape index (κ1) is 18.4. The molecule has 6 nitrogen and oxygen atoms in total. The average molecular weight is 372 g/mol. The van der Waals surface area contributed by atoms with Gasteiger partial charge in [0.15, 0.2) is 0 Å². The van der Waals surface area contributed by atoms with E-state index in [9.17, 15) is 14.4 Å². The number of carbonyl (C=O) groups excluding carboxylic acids is 2. The van der Waals surface area contributed by atoms with Crippen molar-refractivity contribution >= 4 is 46.0 Å². The zero-order chi connectivity index (χ0) is 19.1. The SMILES string of the molecule is CC(C)(S[C@@H]1CC(=O)N(c2cccc3ccccc23)C1=O)[C@@H](N)C(=O)O. The summed E-state index contributed by atoms with van der Waals surface area (Å²) in [6, 6.07) is 11.9. The van der Waals surface area contributed by atoms with Gasteiger partial charge in [-0.1, -0.05) is 36.4 Å². The van der Waals surface area contributed by atoms with Crippen molar-refractivity contribution < 1.29 is 19.5 Å². The van der Waals surface area contributed by atoms with Gasteiger partial charge < -0.3 is 10.8 Å². The monoisotopic (exact) mass is 372 g/mol. The first-order chi connectivity index (χ1) is 12.2. The molecule has 1 saturated heterocycles. The number of carboxylic acid groups (broad SMARTS) is 1. The van der Waals surface area contributed by atoms with Crippen molar-refractivity contribution in [2.24, 2.45) is 5.73 Å². The summed E-state index contributed by atoms with van der Waals surface area (Å²) in [5.74, 6) is -1.75. The molecule has 7 heteroatoms. The zero-order valence-corrected chi connectivity index (χ0v) is 15.3. The number of nitrogens with two attached hydrogens (primary N) is 1. The molecule has 3 rings (SSSR count). The summed E-state index contributed by atoms with van der Waals surface area (Å²) in [4.78, 5) is 37.9. The van der Waals surface area contributed by atoms with Gasteiger partial charge in [0, 0.05) is 16.6 Å². The molecule has 0 spiro atoms. The van der Waals surface area contributed by atoms with Crippen LogP contribution in [-0.2, 0) is 14.4 Å². The van der Waals surface area contributed by atoms with Crippen LogP contribution in [0.1, 0.15) is 20.3 Å². The zero-order valence-electron chi connectivity index (χ0n) is 14.5. The standard InChI is InChI=1S/C19H20N2O4S/c1-19(2,16(20)18(24)25)26-14-10-15(22)21(17(14)23)13-9-5-7-11-6-3-4-8-12(11)13/h3-9,14,16H,10,20H2,1-2H3,(H,24,25)/t14-,16+/m1/s1. The number of nitrogens with zero attached hydrogens (tertiary/aromatic N) is 1. The Balaban J connectivity index is 1.91. The van der Waals surface area contributed by atoms with Crippen molar-refractivity contribution in [3.05, 3.63) is 42.5 Å². The van der Waals surface area contributed by atoms with Crippen molar-refractivity contribution in [3.63, 3.8) is 0 Å². The Hall–Kier alpha value is -2.38. The molecule has 1 aliphatic heterocycles. The van der Waals surface area contributed by atoms with E-state index in [1.165, 1.54) is 4.90 Å². The van der Waals surface area contributed by atoms with Crippen LogP contribution in [0.3, 0.4) is 0 Å². The van der Waals surface area contributed by atoms with Crippen molar-refractivity contribution in [3.8, 4) is 0 Å². The number of amides is 2. The van der Waals surface area contributed by atoms with Crippen LogP contribution in [0.25, 0.3) is 10.8 Å². The Morgan fingerprint density at radius 3 is 2.58 bits per heavy atom. The fraction of sp³-hybridized carbons (Fsp3) is 0.316. The largest absolute Gasteiger partial charge is 0.480 e. The van der Waals surface area contributed by atoms with Gasteiger partial charge in [-0.3, -0.25) is 14.4 Å². The molecule has 1 aliphatic rings. The van der Waals surface area contributed by atoms with Crippen LogP contribution in [0.2, 0.25) is 0 Å². The maximum absolute atomic E-state index is 12.9. The van der Waals surface area contributed by atoms with Crippen LogP contribution in [0.4, 0.5) is 5.69 Å². The summed E-state index contributed by atoms with van der Waals surface area (Å²) in [7, 11) is 0. The molecular formula is C19H20N2O4S. The number of hydrogen-bond donors (Lipinski definition) is 2. The van der Waals surface area contributed by atoms with Crippen molar-refractivity contribution in [2.75, 3.05) is 4.90 Å². The molecule has 3 N–H and O–H groups in total. The van der Waals surface area contributed by atoms with Gasteiger partial charge in [-0.05, 0) is 25.3 Å². The predicted molar refractivity (Wildman–Crippen MR) is 102 cm³/mol. The molecule has 2 atom stereocenters. The average Bonchev–Trinajstić information content (AvgIpc) is 2.86. The maximum atomic E-state index is 12.9. The first-order valence-electron chi connectivity index (χ1n) is 8.23. The smallest absolute Gasteiger partial charge is 0.321 e. The van der Waals surface area contributed by atoms with Crippen molar-refractivity contribution in [1.82, 2.24) is 0 Å². The lowest BCUT2D eigenvalue weighted by atomic mass is 10.1. The quantitative estimate of drug-likeness (QED) is 0.782. The normalized spacial score (nSPS) is 19.2. The molecule has 0 unspecified atom stereocenters. The second-order valence-electron chi connectivity index (χ2n) is 6.80. The third kappa shape index (κ3) is 3.20. The maximum Gasteiger partial charge on any atom is 0.321 e. The minimum Gasteiger partial charge on any atom is -0.480 e. The van der Waals surface area contributed by atoms with Crippen LogP contribution in [0.5, 0.6) is 0 Å². The predicted octanol–water partition coefficient (Wildman–Crippen LogP) is 2.40. The molecule has 0 aromatic heterocycles. The molecule has 136 valence electrons. The van der Waals surface area contributed by atoms with Gasteiger partial charge in [0.05, 0.1) is 10.9 Å². The molecule has 0 aliphatic carbocycles. The van der Waals surface area contributed by atoms with Gasteiger partial charge in [0.25, 0.3) is 0 Å². The number of hydrogen-bond acceptors (Lipinski definition) is 5. The van der Waals surface area contributed by atoms with E-state index in [4.69, 9.17) is 10.8 Å². The van der Waals surface area contributed by atoms with Gasteiger partial charge in [-0.2, -0.15) is 0 Å². The molecular weight excluding hydrogens is 352 g/mol. The first-order valence-corrected chi connectivity index (χ1v) is 9.11. The fourth-order valence-corrected chi connectivity index (χ4v) is 4.50. The van der Waals surface area contributed by atoms with E-state index in [1.54, 1.807) is 19.9 Å². The molecule has 2 aromatic rings. The number of carboxylic acids is 1. The number of rotatable bonds is 5. The van der Waals surface area contributed by atoms with Crippen LogP contribution < -0.4 is 10.6 Å². The highest BCUT2D eigenvalue weighted by molar-refractivity contribution is 8.02. The molecule has 0 bridgehead atoms. The van der Waals surface area contributed by atoms with E-state index < -0.39 is 22.0 Å². The number of aliphatic carboxylic acids is 1. The van der Waals surface area contributed by atoms with Crippen LogP contribution in [0.15, 0.2) is 42.5 Å². The van der Waals surface area contributed by atoms with Gasteiger partial charge >= 0.3 is 5.97 Å². The number of benzene rings is 2. The summed E-state index contributed by atoms with van der Waals surface area (Å²) >= 11 is 1.14. The van der Waals surface area contributed by atoms with E-state index in [-0.39, 0.29) is 18.2 Å². The molecule has 1 fully saturated rings. The fourth-order valence-electron chi connectivity index (χ4n) is 3.09. The second kappa shape index (κ2) is 6.74. The minimum atomic E-state index is -1.14. The van der Waals surface area contributed by atoms with Crippen LogP contribution >= 0.6 is 11.8 Å². The highest BCUT2D eigenvalue weighted by atomic mass is 32.2. The molecule has 26 heavy (non-hydrogen) atoms. The highest BCUT2D eigenvalue weighted by Gasteiger charge is 2.45. The Kier molecular flexibility index (Phi) is 4.77. The van der Waals surface area contributed by atoms with Crippen molar-refractivity contribution in [1.29, 1.82) is 0 Å². The van der Waals surface area contributed by atoms with Gasteiger partial charge in [-0.25, -0.2) is 4.90 Å². The van der Waals surface area contributed by atoms with Crippen LogP contribution in [0, 0.1) is 0 Å². The van der Waals surface area contributed by atoms with E-state index in [2.05, 4.69) is 0 Å². The van der Waals surface area contributed by atoms with E-state index in [0.29, 0.717) is 5.69 Å². The molecule has 2 aromatic carbocycles. The molecule has 0 radical (unpaired) electrons. The topological polar surface area (TPSA) is 101 Å².